The molecular formula is C12H16N4. The second kappa shape index (κ2) is 5.42. The zero-order valence-corrected chi connectivity index (χ0v) is 9.43. The lowest BCUT2D eigenvalue weighted by Gasteiger charge is -2.04. The van der Waals surface area contributed by atoms with E-state index in [1.807, 2.05) is 48.4 Å². The fraction of sp³-hybridized carbons (Fsp3) is 0.333. The van der Waals surface area contributed by atoms with Gasteiger partial charge in [-0.05, 0) is 18.2 Å². The first-order valence-electron chi connectivity index (χ1n) is 5.44. The van der Waals surface area contributed by atoms with E-state index in [0.717, 1.165) is 25.2 Å². The zero-order chi connectivity index (χ0) is 11.2. The predicted octanol–water partition coefficient (Wildman–Crippen LogP) is 1.15. The SMILES string of the molecule is Cn1nccc1CCNCc1ccccn1. The quantitative estimate of drug-likeness (QED) is 0.762. The van der Waals surface area contributed by atoms with Gasteiger partial charge in [-0.2, -0.15) is 5.10 Å². The summed E-state index contributed by atoms with van der Waals surface area (Å²) in [7, 11) is 1.97. The van der Waals surface area contributed by atoms with Crippen molar-refractivity contribution in [2.24, 2.45) is 7.05 Å². The van der Waals surface area contributed by atoms with Crippen LogP contribution in [0.1, 0.15) is 11.4 Å². The van der Waals surface area contributed by atoms with Gasteiger partial charge in [0.1, 0.15) is 0 Å². The molecule has 2 aromatic heterocycles. The summed E-state index contributed by atoms with van der Waals surface area (Å²) in [4.78, 5) is 4.25. The Morgan fingerprint density at radius 3 is 2.88 bits per heavy atom. The second-order valence-electron chi connectivity index (χ2n) is 3.69. The first-order valence-corrected chi connectivity index (χ1v) is 5.44. The largest absolute Gasteiger partial charge is 0.311 e. The number of hydrogen-bond donors (Lipinski definition) is 1. The highest BCUT2D eigenvalue weighted by atomic mass is 15.3. The van der Waals surface area contributed by atoms with Crippen molar-refractivity contribution >= 4 is 0 Å². The number of nitrogens with zero attached hydrogens (tertiary/aromatic N) is 3. The first-order chi connectivity index (χ1) is 7.86. The lowest BCUT2D eigenvalue weighted by atomic mass is 10.3. The Morgan fingerprint density at radius 1 is 1.25 bits per heavy atom. The monoisotopic (exact) mass is 216 g/mol. The van der Waals surface area contributed by atoms with E-state index in [-0.39, 0.29) is 0 Å². The minimum atomic E-state index is 0.818. The Balaban J connectivity index is 1.72. The molecule has 4 heteroatoms. The van der Waals surface area contributed by atoms with Crippen molar-refractivity contribution in [3.8, 4) is 0 Å². The number of aromatic nitrogens is 3. The van der Waals surface area contributed by atoms with E-state index in [1.54, 1.807) is 0 Å². The molecule has 0 radical (unpaired) electrons. The molecule has 2 heterocycles. The number of aryl methyl sites for hydroxylation is 1. The van der Waals surface area contributed by atoms with Crippen molar-refractivity contribution in [2.75, 3.05) is 6.54 Å². The fourth-order valence-corrected chi connectivity index (χ4v) is 1.58. The highest BCUT2D eigenvalue weighted by Gasteiger charge is 1.97. The molecule has 0 saturated carbocycles. The van der Waals surface area contributed by atoms with Crippen LogP contribution < -0.4 is 5.32 Å². The van der Waals surface area contributed by atoms with Crippen molar-refractivity contribution in [1.29, 1.82) is 0 Å². The Morgan fingerprint density at radius 2 is 2.19 bits per heavy atom. The molecule has 0 atom stereocenters. The molecule has 0 unspecified atom stereocenters. The second-order valence-corrected chi connectivity index (χ2v) is 3.69. The average Bonchev–Trinajstić information content (AvgIpc) is 2.72. The number of rotatable bonds is 5. The van der Waals surface area contributed by atoms with Crippen LogP contribution in [-0.4, -0.2) is 21.3 Å². The molecule has 84 valence electrons. The minimum Gasteiger partial charge on any atom is -0.311 e. The van der Waals surface area contributed by atoms with E-state index in [2.05, 4.69) is 15.4 Å². The molecule has 1 N–H and O–H groups in total. The van der Waals surface area contributed by atoms with Crippen molar-refractivity contribution < 1.29 is 0 Å². The molecular weight excluding hydrogens is 200 g/mol. The van der Waals surface area contributed by atoms with Gasteiger partial charge in [0.2, 0.25) is 0 Å². The molecule has 0 bridgehead atoms. The predicted molar refractivity (Wildman–Crippen MR) is 62.9 cm³/mol. The molecule has 0 fully saturated rings. The molecule has 0 amide bonds. The van der Waals surface area contributed by atoms with Gasteiger partial charge in [-0.3, -0.25) is 9.67 Å². The smallest absolute Gasteiger partial charge is 0.0541 e. The van der Waals surface area contributed by atoms with Gasteiger partial charge >= 0.3 is 0 Å². The highest BCUT2D eigenvalue weighted by Crippen LogP contribution is 1.97. The highest BCUT2D eigenvalue weighted by molar-refractivity contribution is 5.03. The van der Waals surface area contributed by atoms with Crippen LogP contribution in [0.2, 0.25) is 0 Å². The van der Waals surface area contributed by atoms with E-state index in [1.165, 1.54) is 5.69 Å². The van der Waals surface area contributed by atoms with Crippen molar-refractivity contribution in [1.82, 2.24) is 20.1 Å². The average molecular weight is 216 g/mol. The van der Waals surface area contributed by atoms with Gasteiger partial charge < -0.3 is 5.32 Å². The number of nitrogens with one attached hydrogen (secondary N) is 1. The van der Waals surface area contributed by atoms with Crippen LogP contribution in [-0.2, 0) is 20.0 Å². The van der Waals surface area contributed by atoms with Crippen molar-refractivity contribution in [3.63, 3.8) is 0 Å². The first kappa shape index (κ1) is 10.8. The van der Waals surface area contributed by atoms with Gasteiger partial charge in [0.25, 0.3) is 0 Å². The van der Waals surface area contributed by atoms with Crippen molar-refractivity contribution in [3.05, 3.63) is 48.0 Å². The normalized spacial score (nSPS) is 10.6. The Labute approximate surface area is 95.3 Å². The summed E-state index contributed by atoms with van der Waals surface area (Å²) in [6, 6.07) is 8.00. The third-order valence-electron chi connectivity index (χ3n) is 2.51. The van der Waals surface area contributed by atoms with E-state index in [9.17, 15) is 0 Å². The lowest BCUT2D eigenvalue weighted by Crippen LogP contribution is -2.18. The summed E-state index contributed by atoms with van der Waals surface area (Å²) < 4.78 is 1.91. The van der Waals surface area contributed by atoms with Gasteiger partial charge in [0.15, 0.2) is 0 Å². The van der Waals surface area contributed by atoms with Crippen LogP contribution in [0, 0.1) is 0 Å². The minimum absolute atomic E-state index is 0.818. The lowest BCUT2D eigenvalue weighted by molar-refractivity contribution is 0.637. The molecule has 0 spiro atoms. The topological polar surface area (TPSA) is 42.7 Å². The molecule has 4 nitrogen and oxygen atoms in total. The summed E-state index contributed by atoms with van der Waals surface area (Å²) in [5, 5.41) is 7.49. The molecule has 16 heavy (non-hydrogen) atoms. The van der Waals surface area contributed by atoms with E-state index >= 15 is 0 Å². The summed E-state index contributed by atoms with van der Waals surface area (Å²) >= 11 is 0. The Hall–Kier alpha value is -1.68. The summed E-state index contributed by atoms with van der Waals surface area (Å²) in [5.74, 6) is 0. The maximum absolute atomic E-state index is 4.25. The van der Waals surface area contributed by atoms with Crippen LogP contribution in [0.15, 0.2) is 36.7 Å². The standard InChI is InChI=1S/C12H16N4/c1-16-12(6-9-15-16)5-8-13-10-11-4-2-3-7-14-11/h2-4,6-7,9,13H,5,8,10H2,1H3. The molecule has 0 saturated heterocycles. The molecule has 0 aromatic carbocycles. The van der Waals surface area contributed by atoms with E-state index < -0.39 is 0 Å². The van der Waals surface area contributed by atoms with E-state index in [0.29, 0.717) is 0 Å². The van der Waals surface area contributed by atoms with Crippen LogP contribution in [0.4, 0.5) is 0 Å². The van der Waals surface area contributed by atoms with Gasteiger partial charge in [0, 0.05) is 44.6 Å². The van der Waals surface area contributed by atoms with Crippen LogP contribution >= 0.6 is 0 Å². The van der Waals surface area contributed by atoms with Crippen LogP contribution in [0.3, 0.4) is 0 Å². The van der Waals surface area contributed by atoms with Gasteiger partial charge in [0.05, 0.1) is 5.69 Å². The number of pyridine rings is 1. The van der Waals surface area contributed by atoms with Crippen LogP contribution in [0.25, 0.3) is 0 Å². The molecule has 2 aromatic rings. The Bertz CT molecular complexity index is 422. The fourth-order valence-electron chi connectivity index (χ4n) is 1.58. The summed E-state index contributed by atoms with van der Waals surface area (Å²) in [5.41, 5.74) is 2.32. The number of hydrogen-bond acceptors (Lipinski definition) is 3. The molecule has 0 aliphatic carbocycles. The van der Waals surface area contributed by atoms with Gasteiger partial charge in [-0.25, -0.2) is 0 Å². The summed E-state index contributed by atoms with van der Waals surface area (Å²) in [6.45, 7) is 1.76. The van der Waals surface area contributed by atoms with Crippen molar-refractivity contribution in [2.45, 2.75) is 13.0 Å². The molecule has 0 aliphatic rings. The molecule has 2 rings (SSSR count). The van der Waals surface area contributed by atoms with E-state index in [4.69, 9.17) is 0 Å². The maximum Gasteiger partial charge on any atom is 0.0541 e. The third-order valence-corrected chi connectivity index (χ3v) is 2.51. The maximum atomic E-state index is 4.25. The van der Waals surface area contributed by atoms with Crippen LogP contribution in [0.5, 0.6) is 0 Å². The summed E-state index contributed by atoms with van der Waals surface area (Å²) in [6.07, 6.45) is 4.63. The third kappa shape index (κ3) is 2.90. The molecule has 0 aliphatic heterocycles. The van der Waals surface area contributed by atoms with Gasteiger partial charge in [-0.15, -0.1) is 0 Å². The van der Waals surface area contributed by atoms with Gasteiger partial charge in [-0.1, -0.05) is 6.07 Å². The Kier molecular flexibility index (Phi) is 3.66. The zero-order valence-electron chi connectivity index (χ0n) is 9.43.